The first kappa shape index (κ1) is 21.2. The molecule has 2 aromatic rings. The van der Waals surface area contributed by atoms with E-state index in [1.807, 2.05) is 30.3 Å². The molecule has 1 aromatic heterocycles. The topological polar surface area (TPSA) is 83.0 Å². The summed E-state index contributed by atoms with van der Waals surface area (Å²) in [5, 5.41) is 0. The second-order valence-corrected chi connectivity index (χ2v) is 8.23. The average Bonchev–Trinajstić information content (AvgIpc) is 2.81. The molecule has 2 aliphatic rings. The van der Waals surface area contributed by atoms with Crippen molar-refractivity contribution in [3.63, 3.8) is 0 Å². The molecule has 3 heterocycles. The minimum atomic E-state index is -1.60. The molecular weight excluding hydrogens is 406 g/mol. The summed E-state index contributed by atoms with van der Waals surface area (Å²) in [6.07, 6.45) is 6.67. The molecule has 2 saturated heterocycles. The lowest BCUT2D eigenvalue weighted by Crippen LogP contribution is -2.38. The highest BCUT2D eigenvalue weighted by molar-refractivity contribution is 7.75. The first-order valence-corrected chi connectivity index (χ1v) is 11.3. The van der Waals surface area contributed by atoms with E-state index in [4.69, 9.17) is 17.8 Å². The van der Waals surface area contributed by atoms with Gasteiger partial charge in [0.15, 0.2) is 0 Å². The molecule has 8 nitrogen and oxygen atoms in total. The highest BCUT2D eigenvalue weighted by Gasteiger charge is 2.22. The fraction of sp³-hybridized carbons (Fsp3) is 0.524. The molecule has 4 rings (SSSR count). The zero-order chi connectivity index (χ0) is 20.6. The van der Waals surface area contributed by atoms with Gasteiger partial charge in [-0.15, -0.1) is 0 Å². The zero-order valence-corrected chi connectivity index (χ0v) is 17.7. The number of aromatic nitrogens is 2. The number of hydrogen-bond acceptors (Lipinski definition) is 8. The van der Waals surface area contributed by atoms with E-state index in [0.29, 0.717) is 32.5 Å². The smallest absolute Gasteiger partial charge is 0.304 e. The monoisotopic (exact) mass is 433 g/mol. The van der Waals surface area contributed by atoms with E-state index in [1.165, 1.54) is 0 Å². The third-order valence-corrected chi connectivity index (χ3v) is 5.93. The number of piperidine rings is 1. The molecule has 0 radical (unpaired) electrons. The van der Waals surface area contributed by atoms with Gasteiger partial charge < -0.3 is 14.4 Å². The first-order valence-electron chi connectivity index (χ1n) is 10.3. The Kier molecular flexibility index (Phi) is 7.63. The molecule has 9 heteroatoms. The Morgan fingerprint density at radius 3 is 2.43 bits per heavy atom. The molecule has 0 aliphatic carbocycles. The van der Waals surface area contributed by atoms with Crippen molar-refractivity contribution in [1.29, 1.82) is 0 Å². The van der Waals surface area contributed by atoms with Crippen LogP contribution in [0, 0.1) is 0 Å². The van der Waals surface area contributed by atoms with Gasteiger partial charge >= 0.3 is 11.4 Å². The number of anilines is 1. The molecule has 0 bridgehead atoms. The summed E-state index contributed by atoms with van der Waals surface area (Å²) in [5.74, 6) is 1.73. The third-order valence-electron chi connectivity index (χ3n) is 5.27. The number of hydrogen-bond donors (Lipinski definition) is 0. The van der Waals surface area contributed by atoms with E-state index in [9.17, 15) is 4.21 Å². The van der Waals surface area contributed by atoms with Gasteiger partial charge in [-0.1, -0.05) is 12.1 Å². The normalized spacial score (nSPS) is 22.7. The SMILES string of the molecule is O=[S@]1OC[C@H](c2ccc(OCCCOC3CCN(c4ncccn4)CC3)cc2)CO1. The minimum absolute atomic E-state index is 0.102. The molecule has 0 N–H and O–H groups in total. The second kappa shape index (κ2) is 10.8. The van der Waals surface area contributed by atoms with Crippen LogP contribution in [0.25, 0.3) is 0 Å². The van der Waals surface area contributed by atoms with Gasteiger partial charge in [0.25, 0.3) is 0 Å². The van der Waals surface area contributed by atoms with Crippen molar-refractivity contribution in [3.8, 4) is 5.75 Å². The molecule has 2 aliphatic heterocycles. The maximum atomic E-state index is 11.1. The van der Waals surface area contributed by atoms with Crippen LogP contribution in [0.5, 0.6) is 5.75 Å². The van der Waals surface area contributed by atoms with Crippen LogP contribution in [0.15, 0.2) is 42.7 Å². The van der Waals surface area contributed by atoms with Gasteiger partial charge in [0.05, 0.1) is 32.5 Å². The van der Waals surface area contributed by atoms with Crippen LogP contribution < -0.4 is 9.64 Å². The Labute approximate surface area is 179 Å². The molecule has 0 amide bonds. The summed E-state index contributed by atoms with van der Waals surface area (Å²) >= 11 is -1.60. The van der Waals surface area contributed by atoms with Gasteiger partial charge in [-0.05, 0) is 36.6 Å². The van der Waals surface area contributed by atoms with Crippen LogP contribution in [-0.4, -0.2) is 59.8 Å². The minimum Gasteiger partial charge on any atom is -0.494 e. The maximum Gasteiger partial charge on any atom is 0.304 e. The quantitative estimate of drug-likeness (QED) is 0.588. The van der Waals surface area contributed by atoms with Gasteiger partial charge in [0, 0.05) is 37.8 Å². The fourth-order valence-corrected chi connectivity index (χ4v) is 4.18. The van der Waals surface area contributed by atoms with E-state index in [-0.39, 0.29) is 5.92 Å². The summed E-state index contributed by atoms with van der Waals surface area (Å²) in [7, 11) is 0. The standard InChI is InChI=1S/C21H27N3O5S/c25-30-28-15-18(16-29-30)17-3-5-19(6-4-17)26-13-2-14-27-20-7-11-24(12-8-20)21-22-9-1-10-23-21/h1,3-6,9-10,18,20H,2,7-8,11-16H2/t18-,30-. The van der Waals surface area contributed by atoms with Crippen molar-refractivity contribution in [2.75, 3.05) is 44.4 Å². The highest BCUT2D eigenvalue weighted by Crippen LogP contribution is 2.24. The largest absolute Gasteiger partial charge is 0.494 e. The Morgan fingerprint density at radius 2 is 1.73 bits per heavy atom. The summed E-state index contributed by atoms with van der Waals surface area (Å²) < 4.78 is 33.0. The summed E-state index contributed by atoms with van der Waals surface area (Å²) in [4.78, 5) is 10.8. The molecule has 30 heavy (non-hydrogen) atoms. The molecule has 0 spiro atoms. The number of ether oxygens (including phenoxy) is 2. The molecular formula is C21H27N3O5S. The van der Waals surface area contributed by atoms with Gasteiger partial charge in [-0.25, -0.2) is 9.97 Å². The molecule has 0 unspecified atom stereocenters. The van der Waals surface area contributed by atoms with E-state index >= 15 is 0 Å². The van der Waals surface area contributed by atoms with E-state index < -0.39 is 11.4 Å². The Balaban J connectivity index is 1.10. The fourth-order valence-electron chi connectivity index (χ4n) is 3.56. The van der Waals surface area contributed by atoms with Crippen molar-refractivity contribution in [2.24, 2.45) is 0 Å². The first-order chi connectivity index (χ1) is 14.8. The lowest BCUT2D eigenvalue weighted by Gasteiger charge is -2.31. The van der Waals surface area contributed by atoms with Crippen molar-refractivity contribution >= 4 is 17.3 Å². The predicted molar refractivity (Wildman–Crippen MR) is 113 cm³/mol. The van der Waals surface area contributed by atoms with Gasteiger partial charge in [-0.2, -0.15) is 4.21 Å². The van der Waals surface area contributed by atoms with Crippen LogP contribution in [-0.2, 0) is 24.5 Å². The van der Waals surface area contributed by atoms with Crippen LogP contribution in [0.2, 0.25) is 0 Å². The van der Waals surface area contributed by atoms with Crippen molar-refractivity contribution in [3.05, 3.63) is 48.3 Å². The van der Waals surface area contributed by atoms with E-state index in [2.05, 4.69) is 14.9 Å². The lowest BCUT2D eigenvalue weighted by atomic mass is 10.0. The predicted octanol–water partition coefficient (Wildman–Crippen LogP) is 2.64. The second-order valence-electron chi connectivity index (χ2n) is 7.35. The summed E-state index contributed by atoms with van der Waals surface area (Å²) in [5.41, 5.74) is 1.09. The Morgan fingerprint density at radius 1 is 1.03 bits per heavy atom. The van der Waals surface area contributed by atoms with Crippen molar-refractivity contribution in [1.82, 2.24) is 9.97 Å². The molecule has 2 fully saturated rings. The van der Waals surface area contributed by atoms with Gasteiger partial charge in [0.1, 0.15) is 5.75 Å². The highest BCUT2D eigenvalue weighted by atomic mass is 32.2. The van der Waals surface area contributed by atoms with E-state index in [0.717, 1.165) is 49.6 Å². The molecule has 1 aromatic carbocycles. The third kappa shape index (κ3) is 5.98. The van der Waals surface area contributed by atoms with Crippen molar-refractivity contribution < 1.29 is 22.0 Å². The lowest BCUT2D eigenvalue weighted by molar-refractivity contribution is 0.0305. The summed E-state index contributed by atoms with van der Waals surface area (Å²) in [6, 6.07) is 9.73. The molecule has 0 atom stereocenters. The van der Waals surface area contributed by atoms with Crippen LogP contribution in [0.1, 0.15) is 30.7 Å². The van der Waals surface area contributed by atoms with E-state index in [1.54, 1.807) is 12.4 Å². The van der Waals surface area contributed by atoms with Crippen LogP contribution >= 0.6 is 0 Å². The zero-order valence-electron chi connectivity index (χ0n) is 16.9. The summed E-state index contributed by atoms with van der Waals surface area (Å²) in [6.45, 7) is 3.96. The van der Waals surface area contributed by atoms with Crippen molar-refractivity contribution in [2.45, 2.75) is 31.3 Å². The number of rotatable bonds is 8. The maximum absolute atomic E-state index is 11.1. The Bertz CT molecular complexity index is 790. The number of nitrogens with zero attached hydrogens (tertiary/aromatic N) is 3. The van der Waals surface area contributed by atoms with Gasteiger partial charge in [-0.3, -0.25) is 8.37 Å². The molecule has 162 valence electrons. The average molecular weight is 434 g/mol. The molecule has 0 saturated carbocycles. The Hall–Kier alpha value is -2.07. The van der Waals surface area contributed by atoms with Gasteiger partial charge in [0.2, 0.25) is 5.95 Å². The number of benzene rings is 1. The van der Waals surface area contributed by atoms with Crippen LogP contribution in [0.3, 0.4) is 0 Å². The van der Waals surface area contributed by atoms with Crippen LogP contribution in [0.4, 0.5) is 5.95 Å².